The van der Waals surface area contributed by atoms with Gasteiger partial charge in [-0.05, 0) is 13.3 Å². The first-order valence-corrected chi connectivity index (χ1v) is 3.66. The normalized spacial score (nSPS) is 16.4. The summed E-state index contributed by atoms with van der Waals surface area (Å²) in [7, 11) is 0. The second-order valence-corrected chi connectivity index (χ2v) is 3.82. The van der Waals surface area contributed by atoms with Crippen LogP contribution in [0.1, 0.15) is 20.3 Å². The monoisotopic (exact) mass is 214 g/mol. The van der Waals surface area contributed by atoms with Crippen LogP contribution in [-0.4, -0.2) is 10.3 Å². The molecular weight excluding hydrogens is 207 g/mol. The van der Waals surface area contributed by atoms with Crippen LogP contribution in [0.4, 0.5) is 0 Å². The summed E-state index contributed by atoms with van der Waals surface area (Å²) in [6, 6.07) is 0. The lowest BCUT2D eigenvalue weighted by Crippen LogP contribution is -2.27. The van der Waals surface area contributed by atoms with Gasteiger partial charge < -0.3 is 4.29 Å². The minimum atomic E-state index is -0.630. The van der Waals surface area contributed by atoms with Gasteiger partial charge in [-0.3, -0.25) is 0 Å². The average Bonchev–Trinajstić information content (AvgIpc) is 1.86. The number of alkyl halides is 1. The fourth-order valence-electron chi connectivity index (χ4n) is 0.225. The number of rotatable bonds is 2. The first-order valence-electron chi connectivity index (χ1n) is 2.56. The van der Waals surface area contributed by atoms with Gasteiger partial charge in [-0.1, -0.05) is 22.9 Å². The zero-order valence-electron chi connectivity index (χ0n) is 5.28. The van der Waals surface area contributed by atoms with Crippen LogP contribution in [0.2, 0.25) is 0 Å². The average molecular weight is 215 g/mol. The third-order valence-electron chi connectivity index (χ3n) is 1.16. The molecule has 0 aliphatic rings. The lowest BCUT2D eigenvalue weighted by atomic mass is 10.1. The molecule has 0 saturated heterocycles. The lowest BCUT2D eigenvalue weighted by molar-refractivity contribution is -0.136. The molecule has 0 heterocycles. The van der Waals surface area contributed by atoms with Gasteiger partial charge in [-0.15, -0.1) is 0 Å². The molecule has 0 N–H and O–H groups in total. The number of halogens is 2. The van der Waals surface area contributed by atoms with Crippen LogP contribution in [0.25, 0.3) is 0 Å². The molecule has 0 aliphatic carbocycles. The van der Waals surface area contributed by atoms with E-state index in [0.717, 1.165) is 0 Å². The lowest BCUT2D eigenvalue weighted by Gasteiger charge is -2.13. The summed E-state index contributed by atoms with van der Waals surface area (Å²) in [6.07, 6.45) is 0.651. The maximum Gasteiger partial charge on any atom is 0.340 e. The van der Waals surface area contributed by atoms with Crippen molar-refractivity contribution in [2.45, 2.75) is 24.6 Å². The van der Waals surface area contributed by atoms with Gasteiger partial charge in [-0.25, -0.2) is 4.79 Å². The second-order valence-electron chi connectivity index (χ2n) is 1.92. The van der Waals surface area contributed by atoms with E-state index < -0.39 is 10.3 Å². The minimum absolute atomic E-state index is 0.452. The van der Waals surface area contributed by atoms with Gasteiger partial charge in [-0.2, -0.15) is 0 Å². The summed E-state index contributed by atoms with van der Waals surface area (Å²) in [5, 5.41) is 0. The smallest absolute Gasteiger partial charge is 0.340 e. The highest BCUT2D eigenvalue weighted by Gasteiger charge is 2.29. The van der Waals surface area contributed by atoms with Crippen molar-refractivity contribution < 1.29 is 9.08 Å². The standard InChI is InChI=1S/C5H8BrClO2/c1-3-5(2,6)4(8)9-7/h3H2,1-2H3. The summed E-state index contributed by atoms with van der Waals surface area (Å²) in [5.74, 6) is -0.452. The predicted molar refractivity (Wildman–Crippen MR) is 39.6 cm³/mol. The van der Waals surface area contributed by atoms with E-state index in [9.17, 15) is 4.79 Å². The summed E-state index contributed by atoms with van der Waals surface area (Å²) >= 11 is 7.98. The molecule has 0 saturated carbocycles. The molecule has 9 heavy (non-hydrogen) atoms. The van der Waals surface area contributed by atoms with Crippen molar-refractivity contribution in [3.63, 3.8) is 0 Å². The van der Waals surface area contributed by atoms with E-state index in [1.807, 2.05) is 6.92 Å². The Kier molecular flexibility index (Phi) is 3.51. The molecule has 0 aromatic carbocycles. The van der Waals surface area contributed by atoms with Crippen LogP contribution in [0.15, 0.2) is 0 Å². The van der Waals surface area contributed by atoms with Crippen molar-refractivity contribution >= 4 is 33.8 Å². The van der Waals surface area contributed by atoms with Crippen molar-refractivity contribution in [2.24, 2.45) is 0 Å². The summed E-state index contributed by atoms with van der Waals surface area (Å²) < 4.78 is 3.36. The van der Waals surface area contributed by atoms with E-state index in [-0.39, 0.29) is 0 Å². The SMILES string of the molecule is CCC(C)(Br)C(=O)OCl. The Bertz CT molecular complexity index is 114. The van der Waals surface area contributed by atoms with E-state index in [1.54, 1.807) is 6.92 Å². The van der Waals surface area contributed by atoms with Crippen LogP contribution in [0, 0.1) is 0 Å². The molecule has 0 amide bonds. The van der Waals surface area contributed by atoms with Gasteiger partial charge in [0, 0.05) is 0 Å². The van der Waals surface area contributed by atoms with Crippen LogP contribution in [-0.2, 0) is 9.08 Å². The van der Waals surface area contributed by atoms with Gasteiger partial charge in [0.25, 0.3) is 0 Å². The first-order chi connectivity index (χ1) is 4.04. The molecule has 0 spiro atoms. The summed E-state index contributed by atoms with van der Waals surface area (Å²) in [6.45, 7) is 3.57. The van der Waals surface area contributed by atoms with E-state index in [1.165, 1.54) is 0 Å². The Morgan fingerprint density at radius 3 is 2.44 bits per heavy atom. The maximum atomic E-state index is 10.7. The summed E-state index contributed by atoms with van der Waals surface area (Å²) in [5.41, 5.74) is 0. The second kappa shape index (κ2) is 3.42. The van der Waals surface area contributed by atoms with E-state index in [2.05, 4.69) is 20.2 Å². The molecule has 4 heteroatoms. The molecule has 0 fully saturated rings. The van der Waals surface area contributed by atoms with E-state index in [0.29, 0.717) is 6.42 Å². The van der Waals surface area contributed by atoms with Crippen LogP contribution in [0.3, 0.4) is 0 Å². The largest absolute Gasteiger partial charge is 0.346 e. The van der Waals surface area contributed by atoms with Crippen LogP contribution >= 0.6 is 27.8 Å². The third-order valence-corrected chi connectivity index (χ3v) is 2.18. The van der Waals surface area contributed by atoms with Crippen LogP contribution < -0.4 is 0 Å². The van der Waals surface area contributed by atoms with Crippen molar-refractivity contribution in [3.8, 4) is 0 Å². The fraction of sp³-hybridized carbons (Fsp3) is 0.800. The van der Waals surface area contributed by atoms with Crippen molar-refractivity contribution in [2.75, 3.05) is 0 Å². The van der Waals surface area contributed by atoms with E-state index in [4.69, 9.17) is 11.9 Å². The molecule has 0 radical (unpaired) electrons. The van der Waals surface area contributed by atoms with Gasteiger partial charge in [0.05, 0.1) is 0 Å². The molecule has 0 aliphatic heterocycles. The maximum absolute atomic E-state index is 10.7. The van der Waals surface area contributed by atoms with Crippen molar-refractivity contribution in [1.82, 2.24) is 0 Å². The van der Waals surface area contributed by atoms with Crippen LogP contribution in [0.5, 0.6) is 0 Å². The quantitative estimate of drug-likeness (QED) is 0.661. The predicted octanol–water partition coefficient (Wildman–Crippen LogP) is 2.25. The Labute approximate surface area is 67.8 Å². The molecule has 54 valence electrons. The zero-order chi connectivity index (χ0) is 7.49. The van der Waals surface area contributed by atoms with E-state index >= 15 is 0 Å². The first kappa shape index (κ1) is 9.24. The topological polar surface area (TPSA) is 26.3 Å². The number of carbonyl (C=O) groups is 1. The van der Waals surface area contributed by atoms with Crippen molar-refractivity contribution in [1.29, 1.82) is 0 Å². The Hall–Kier alpha value is 0.240. The molecule has 1 unspecified atom stereocenters. The third kappa shape index (κ3) is 2.54. The number of hydrogen-bond acceptors (Lipinski definition) is 2. The molecule has 0 aromatic rings. The zero-order valence-corrected chi connectivity index (χ0v) is 7.62. The number of carbonyl (C=O) groups excluding carboxylic acids is 1. The highest BCUT2D eigenvalue weighted by atomic mass is 79.9. The molecule has 0 bridgehead atoms. The molecule has 0 rings (SSSR count). The summed E-state index contributed by atoms with van der Waals surface area (Å²) in [4.78, 5) is 10.7. The molecule has 2 nitrogen and oxygen atoms in total. The van der Waals surface area contributed by atoms with Gasteiger partial charge in [0.1, 0.15) is 16.2 Å². The molecular formula is C5H8BrClO2. The molecule has 0 aromatic heterocycles. The Morgan fingerprint density at radius 1 is 1.89 bits per heavy atom. The Morgan fingerprint density at radius 2 is 2.33 bits per heavy atom. The van der Waals surface area contributed by atoms with Gasteiger partial charge >= 0.3 is 5.97 Å². The minimum Gasteiger partial charge on any atom is -0.346 e. The fourth-order valence-corrected chi connectivity index (χ4v) is 0.569. The number of hydrogen-bond donors (Lipinski definition) is 0. The van der Waals surface area contributed by atoms with Gasteiger partial charge in [0.15, 0.2) is 0 Å². The van der Waals surface area contributed by atoms with Gasteiger partial charge in [0.2, 0.25) is 0 Å². The highest BCUT2D eigenvalue weighted by molar-refractivity contribution is 9.10. The molecule has 1 atom stereocenters. The Balaban J connectivity index is 3.97. The highest BCUT2D eigenvalue weighted by Crippen LogP contribution is 2.23. The van der Waals surface area contributed by atoms with Crippen molar-refractivity contribution in [3.05, 3.63) is 0 Å².